The van der Waals surface area contributed by atoms with Gasteiger partial charge in [0.05, 0.1) is 4.92 Å². The summed E-state index contributed by atoms with van der Waals surface area (Å²) < 4.78 is 10.3. The van der Waals surface area contributed by atoms with Gasteiger partial charge < -0.3 is 14.6 Å². The molecular formula is C19H23ClN4O6. The van der Waals surface area contributed by atoms with E-state index in [-0.39, 0.29) is 34.4 Å². The highest BCUT2D eigenvalue weighted by Gasteiger charge is 2.28. The number of hydrogen-bond acceptors (Lipinski definition) is 8. The topological polar surface area (TPSA) is 137 Å². The lowest BCUT2D eigenvalue weighted by Crippen LogP contribution is -2.45. The number of esters is 1. The molecule has 10 nitrogen and oxygen atoms in total. The van der Waals surface area contributed by atoms with E-state index in [0.717, 1.165) is 6.07 Å². The first kappa shape index (κ1) is 23.3. The van der Waals surface area contributed by atoms with Crippen LogP contribution < -0.4 is 5.32 Å². The molecule has 1 aromatic carbocycles. The first-order chi connectivity index (χ1) is 13.9. The molecular weight excluding hydrogens is 416 g/mol. The van der Waals surface area contributed by atoms with Crippen molar-refractivity contribution in [3.05, 3.63) is 50.6 Å². The number of nitro groups is 1. The monoisotopic (exact) mass is 438 g/mol. The fourth-order valence-corrected chi connectivity index (χ4v) is 2.54. The number of amides is 1. The number of nitrogens with one attached hydrogen (secondary N) is 1. The second kappa shape index (κ2) is 9.21. The van der Waals surface area contributed by atoms with Crippen molar-refractivity contribution in [2.45, 2.75) is 52.7 Å². The van der Waals surface area contributed by atoms with Gasteiger partial charge in [-0.2, -0.15) is 4.98 Å². The number of nitrogens with zero attached hydrogens (tertiary/aromatic N) is 3. The highest BCUT2D eigenvalue weighted by Crippen LogP contribution is 2.25. The molecule has 2 rings (SSSR count). The summed E-state index contributed by atoms with van der Waals surface area (Å²) >= 11 is 5.76. The van der Waals surface area contributed by atoms with Crippen LogP contribution in [-0.4, -0.2) is 33.0 Å². The summed E-state index contributed by atoms with van der Waals surface area (Å²) in [7, 11) is 0. The van der Waals surface area contributed by atoms with Gasteiger partial charge >= 0.3 is 5.97 Å². The maximum atomic E-state index is 12.5. The summed E-state index contributed by atoms with van der Waals surface area (Å²) in [6, 6.07) is 2.64. The second-order valence-corrected chi connectivity index (χ2v) is 8.40. The summed E-state index contributed by atoms with van der Waals surface area (Å²) in [6.45, 7) is 8.95. The lowest BCUT2D eigenvalue weighted by Gasteiger charge is -2.20. The molecule has 30 heavy (non-hydrogen) atoms. The Bertz CT molecular complexity index is 951. The fraction of sp³-hybridized carbons (Fsp3) is 0.474. The van der Waals surface area contributed by atoms with Gasteiger partial charge in [-0.05, 0) is 18.1 Å². The predicted molar refractivity (Wildman–Crippen MR) is 107 cm³/mol. The van der Waals surface area contributed by atoms with Gasteiger partial charge in [-0.15, -0.1) is 0 Å². The molecule has 0 aliphatic carbocycles. The van der Waals surface area contributed by atoms with Crippen LogP contribution in [0.1, 0.15) is 56.7 Å². The summed E-state index contributed by atoms with van der Waals surface area (Å²) in [5, 5.41) is 17.3. The summed E-state index contributed by atoms with van der Waals surface area (Å²) in [5.41, 5.74) is -0.725. The molecule has 0 radical (unpaired) electrons. The Kier molecular flexibility index (Phi) is 7.14. The zero-order chi connectivity index (χ0) is 22.6. The quantitative estimate of drug-likeness (QED) is 0.394. The Hall–Kier alpha value is -3.01. The van der Waals surface area contributed by atoms with Crippen LogP contribution in [0.2, 0.25) is 5.02 Å². The Labute approximate surface area is 178 Å². The van der Waals surface area contributed by atoms with E-state index in [4.69, 9.17) is 20.9 Å². The van der Waals surface area contributed by atoms with Crippen molar-refractivity contribution < 1.29 is 23.8 Å². The Morgan fingerprint density at radius 2 is 2.00 bits per heavy atom. The molecule has 1 N–H and O–H groups in total. The van der Waals surface area contributed by atoms with Gasteiger partial charge in [-0.3, -0.25) is 14.9 Å². The minimum atomic E-state index is -0.989. The number of nitro benzene ring substituents is 1. The van der Waals surface area contributed by atoms with Crippen LogP contribution in [0, 0.1) is 16.0 Å². The minimum absolute atomic E-state index is 0.00345. The lowest BCUT2D eigenvalue weighted by molar-refractivity contribution is -0.384. The Balaban J connectivity index is 2.07. The van der Waals surface area contributed by atoms with Crippen molar-refractivity contribution in [3.8, 4) is 0 Å². The highest BCUT2D eigenvalue weighted by atomic mass is 35.5. The fourth-order valence-electron chi connectivity index (χ4n) is 2.36. The van der Waals surface area contributed by atoms with Gasteiger partial charge in [0.2, 0.25) is 0 Å². The van der Waals surface area contributed by atoms with Crippen molar-refractivity contribution in [3.63, 3.8) is 0 Å². The molecule has 1 heterocycles. The maximum absolute atomic E-state index is 12.5. The Morgan fingerprint density at radius 3 is 2.53 bits per heavy atom. The van der Waals surface area contributed by atoms with Gasteiger partial charge in [0.1, 0.15) is 11.1 Å². The first-order valence-corrected chi connectivity index (χ1v) is 9.52. The van der Waals surface area contributed by atoms with Crippen molar-refractivity contribution in [1.29, 1.82) is 0 Å². The van der Waals surface area contributed by atoms with E-state index < -0.39 is 28.5 Å². The van der Waals surface area contributed by atoms with Crippen molar-refractivity contribution in [2.24, 2.45) is 5.92 Å². The third kappa shape index (κ3) is 5.76. The maximum Gasteiger partial charge on any atom is 0.329 e. The molecule has 0 saturated carbocycles. The standard InChI is InChI=1S/C19H23ClN4O6/c1-10(2)15(17(26)29-9-14-21-18(23-30-14)19(3,4)5)22-16(25)11-6-7-12(20)13(8-11)24(27)28/h6-8,10,15H,9H2,1-5H3,(H,22,25)/t15-/m0/s1. The van der Waals surface area contributed by atoms with Gasteiger partial charge in [-0.25, -0.2) is 4.79 Å². The zero-order valence-electron chi connectivity index (χ0n) is 17.3. The number of aromatic nitrogens is 2. The van der Waals surface area contributed by atoms with Crippen molar-refractivity contribution in [2.75, 3.05) is 0 Å². The minimum Gasteiger partial charge on any atom is -0.454 e. The third-order valence-corrected chi connectivity index (χ3v) is 4.41. The predicted octanol–water partition coefficient (Wildman–Crippen LogP) is 3.43. The molecule has 2 aromatic rings. The number of carbonyl (C=O) groups excluding carboxylic acids is 2. The number of carbonyl (C=O) groups is 2. The molecule has 1 atom stereocenters. The third-order valence-electron chi connectivity index (χ3n) is 4.09. The van der Waals surface area contributed by atoms with Crippen LogP contribution >= 0.6 is 11.6 Å². The number of halogens is 1. The zero-order valence-corrected chi connectivity index (χ0v) is 18.0. The van der Waals surface area contributed by atoms with Crippen LogP contribution in [0.25, 0.3) is 0 Å². The molecule has 0 spiro atoms. The average molecular weight is 439 g/mol. The van der Waals surface area contributed by atoms with Gasteiger partial charge in [-0.1, -0.05) is 51.4 Å². The normalized spacial score (nSPS) is 12.5. The Morgan fingerprint density at radius 1 is 1.33 bits per heavy atom. The SMILES string of the molecule is CC(C)[C@H](NC(=O)c1ccc(Cl)c([N+](=O)[O-])c1)C(=O)OCc1nc(C(C)(C)C)no1. The van der Waals surface area contributed by atoms with E-state index in [1.165, 1.54) is 12.1 Å². The largest absolute Gasteiger partial charge is 0.454 e. The van der Waals surface area contributed by atoms with E-state index in [0.29, 0.717) is 5.82 Å². The van der Waals surface area contributed by atoms with E-state index in [1.807, 2.05) is 20.8 Å². The molecule has 0 aliphatic rings. The lowest BCUT2D eigenvalue weighted by atomic mass is 9.96. The molecule has 0 saturated heterocycles. The van der Waals surface area contributed by atoms with E-state index in [9.17, 15) is 19.7 Å². The van der Waals surface area contributed by atoms with Gasteiger partial charge in [0.15, 0.2) is 12.4 Å². The van der Waals surface area contributed by atoms with Crippen LogP contribution in [0.15, 0.2) is 22.7 Å². The molecule has 0 fully saturated rings. The number of hydrogen-bond donors (Lipinski definition) is 1. The summed E-state index contributed by atoms with van der Waals surface area (Å²) in [6.07, 6.45) is 0. The van der Waals surface area contributed by atoms with Crippen LogP contribution in [0.4, 0.5) is 5.69 Å². The van der Waals surface area contributed by atoms with Crippen molar-refractivity contribution in [1.82, 2.24) is 15.5 Å². The number of ether oxygens (including phenoxy) is 1. The van der Waals surface area contributed by atoms with E-state index in [2.05, 4.69) is 15.5 Å². The molecule has 162 valence electrons. The first-order valence-electron chi connectivity index (χ1n) is 9.14. The smallest absolute Gasteiger partial charge is 0.329 e. The molecule has 1 amide bonds. The molecule has 1 aromatic heterocycles. The highest BCUT2D eigenvalue weighted by molar-refractivity contribution is 6.32. The number of rotatable bonds is 7. The van der Waals surface area contributed by atoms with Crippen LogP contribution in [0.5, 0.6) is 0 Å². The van der Waals surface area contributed by atoms with Gasteiger partial charge in [0.25, 0.3) is 17.5 Å². The molecule has 0 aliphatic heterocycles. The van der Waals surface area contributed by atoms with Gasteiger partial charge in [0, 0.05) is 17.0 Å². The van der Waals surface area contributed by atoms with Crippen LogP contribution in [-0.2, 0) is 21.6 Å². The second-order valence-electron chi connectivity index (χ2n) is 7.99. The van der Waals surface area contributed by atoms with Crippen LogP contribution in [0.3, 0.4) is 0 Å². The van der Waals surface area contributed by atoms with E-state index in [1.54, 1.807) is 13.8 Å². The molecule has 0 unspecified atom stereocenters. The molecule has 0 bridgehead atoms. The summed E-state index contributed by atoms with van der Waals surface area (Å²) in [5.74, 6) is -1.06. The number of benzene rings is 1. The van der Waals surface area contributed by atoms with Crippen molar-refractivity contribution >= 4 is 29.2 Å². The average Bonchev–Trinajstić information content (AvgIpc) is 3.13. The molecule has 11 heteroatoms. The summed E-state index contributed by atoms with van der Waals surface area (Å²) in [4.78, 5) is 39.5. The van der Waals surface area contributed by atoms with E-state index >= 15 is 0 Å².